The summed E-state index contributed by atoms with van der Waals surface area (Å²) in [7, 11) is 0. The lowest BCUT2D eigenvalue weighted by Gasteiger charge is -2.30. The van der Waals surface area contributed by atoms with Gasteiger partial charge in [0.05, 0.1) is 0 Å². The summed E-state index contributed by atoms with van der Waals surface area (Å²) in [4.78, 5) is 25.3. The summed E-state index contributed by atoms with van der Waals surface area (Å²) in [5.74, 6) is 0.624. The minimum absolute atomic E-state index is 0.129. The first kappa shape index (κ1) is 16.3. The van der Waals surface area contributed by atoms with Crippen LogP contribution in [0.25, 0.3) is 0 Å². The molecule has 0 saturated carbocycles. The SMILES string of the molecule is Cc1cccc(OCC(=O)OCC(=O)N2CCC(C)CC2)c1. The molecule has 1 heterocycles. The predicted octanol–water partition coefficient (Wildman–Crippen LogP) is 2.18. The molecular formula is C17H23NO4. The van der Waals surface area contributed by atoms with Crippen molar-refractivity contribution in [2.45, 2.75) is 26.7 Å². The van der Waals surface area contributed by atoms with E-state index in [1.165, 1.54) is 0 Å². The molecular weight excluding hydrogens is 282 g/mol. The minimum Gasteiger partial charge on any atom is -0.482 e. The zero-order valence-electron chi connectivity index (χ0n) is 13.2. The lowest BCUT2D eigenvalue weighted by molar-refractivity contribution is -0.154. The van der Waals surface area contributed by atoms with E-state index in [1.54, 1.807) is 11.0 Å². The van der Waals surface area contributed by atoms with Crippen LogP contribution >= 0.6 is 0 Å². The van der Waals surface area contributed by atoms with E-state index in [-0.39, 0.29) is 19.1 Å². The molecule has 1 fully saturated rings. The first-order valence-corrected chi connectivity index (χ1v) is 7.67. The van der Waals surface area contributed by atoms with Gasteiger partial charge in [-0.3, -0.25) is 4.79 Å². The molecule has 0 radical (unpaired) electrons. The molecule has 0 unspecified atom stereocenters. The summed E-state index contributed by atoms with van der Waals surface area (Å²) in [5.41, 5.74) is 1.06. The number of aryl methyl sites for hydroxylation is 1. The van der Waals surface area contributed by atoms with Crippen LogP contribution in [-0.2, 0) is 14.3 Å². The third-order valence-corrected chi connectivity index (χ3v) is 3.84. The van der Waals surface area contributed by atoms with Gasteiger partial charge < -0.3 is 14.4 Å². The van der Waals surface area contributed by atoms with E-state index < -0.39 is 5.97 Å². The average Bonchev–Trinajstić information content (AvgIpc) is 2.51. The number of hydrogen-bond donors (Lipinski definition) is 0. The highest BCUT2D eigenvalue weighted by atomic mass is 16.6. The molecule has 1 aromatic carbocycles. The zero-order valence-corrected chi connectivity index (χ0v) is 13.2. The maximum absolute atomic E-state index is 11.9. The highest BCUT2D eigenvalue weighted by Gasteiger charge is 2.21. The molecule has 0 bridgehead atoms. The van der Waals surface area contributed by atoms with Gasteiger partial charge in [-0.25, -0.2) is 4.79 Å². The molecule has 0 N–H and O–H groups in total. The van der Waals surface area contributed by atoms with Crippen LogP contribution in [-0.4, -0.2) is 43.1 Å². The molecule has 2 rings (SSSR count). The Hall–Kier alpha value is -2.04. The smallest absolute Gasteiger partial charge is 0.344 e. The fraction of sp³-hybridized carbons (Fsp3) is 0.529. The fourth-order valence-electron chi connectivity index (χ4n) is 2.38. The van der Waals surface area contributed by atoms with Crippen molar-refractivity contribution in [2.24, 2.45) is 5.92 Å². The number of rotatable bonds is 5. The van der Waals surface area contributed by atoms with E-state index in [0.717, 1.165) is 31.5 Å². The molecule has 22 heavy (non-hydrogen) atoms. The van der Waals surface area contributed by atoms with Crippen LogP contribution in [0.3, 0.4) is 0 Å². The average molecular weight is 305 g/mol. The van der Waals surface area contributed by atoms with Gasteiger partial charge in [-0.05, 0) is 43.4 Å². The normalized spacial score (nSPS) is 15.5. The number of likely N-dealkylation sites (tertiary alicyclic amines) is 1. The number of hydrogen-bond acceptors (Lipinski definition) is 4. The van der Waals surface area contributed by atoms with Crippen LogP contribution in [0.4, 0.5) is 0 Å². The first-order chi connectivity index (χ1) is 10.5. The predicted molar refractivity (Wildman–Crippen MR) is 82.6 cm³/mol. The number of nitrogens with zero attached hydrogens (tertiary/aromatic N) is 1. The van der Waals surface area contributed by atoms with Crippen LogP contribution in [0, 0.1) is 12.8 Å². The van der Waals surface area contributed by atoms with Crippen LogP contribution in [0.2, 0.25) is 0 Å². The van der Waals surface area contributed by atoms with Crippen molar-refractivity contribution in [1.82, 2.24) is 4.90 Å². The van der Waals surface area contributed by atoms with Gasteiger partial charge in [-0.15, -0.1) is 0 Å². The van der Waals surface area contributed by atoms with Crippen LogP contribution in [0.15, 0.2) is 24.3 Å². The second-order valence-corrected chi connectivity index (χ2v) is 5.83. The van der Waals surface area contributed by atoms with Crippen LogP contribution in [0.5, 0.6) is 5.75 Å². The van der Waals surface area contributed by atoms with E-state index in [1.807, 2.05) is 25.1 Å². The maximum Gasteiger partial charge on any atom is 0.344 e. The van der Waals surface area contributed by atoms with Crippen molar-refractivity contribution in [2.75, 3.05) is 26.3 Å². The Morgan fingerprint density at radius 1 is 1.23 bits per heavy atom. The van der Waals surface area contributed by atoms with E-state index >= 15 is 0 Å². The number of benzene rings is 1. The number of amides is 1. The number of piperidine rings is 1. The van der Waals surface area contributed by atoms with Crippen molar-refractivity contribution in [3.8, 4) is 5.75 Å². The summed E-state index contributed by atoms with van der Waals surface area (Å²) in [5, 5.41) is 0. The third kappa shape index (κ3) is 5.06. The van der Waals surface area contributed by atoms with E-state index in [2.05, 4.69) is 6.92 Å². The molecule has 5 nitrogen and oxygen atoms in total. The fourth-order valence-corrected chi connectivity index (χ4v) is 2.38. The van der Waals surface area contributed by atoms with E-state index in [0.29, 0.717) is 11.7 Å². The second kappa shape index (κ2) is 7.82. The Morgan fingerprint density at radius 3 is 2.64 bits per heavy atom. The van der Waals surface area contributed by atoms with E-state index in [9.17, 15) is 9.59 Å². The monoisotopic (exact) mass is 305 g/mol. The second-order valence-electron chi connectivity index (χ2n) is 5.83. The molecule has 1 aliphatic rings. The molecule has 1 amide bonds. The molecule has 1 aliphatic heterocycles. The maximum atomic E-state index is 11.9. The molecule has 1 saturated heterocycles. The van der Waals surface area contributed by atoms with Crippen molar-refractivity contribution < 1.29 is 19.1 Å². The van der Waals surface area contributed by atoms with Crippen LogP contribution < -0.4 is 4.74 Å². The Morgan fingerprint density at radius 2 is 1.95 bits per heavy atom. The van der Waals surface area contributed by atoms with Crippen molar-refractivity contribution in [1.29, 1.82) is 0 Å². The molecule has 120 valence electrons. The van der Waals surface area contributed by atoms with Gasteiger partial charge in [0.1, 0.15) is 5.75 Å². The first-order valence-electron chi connectivity index (χ1n) is 7.67. The molecule has 0 spiro atoms. The summed E-state index contributed by atoms with van der Waals surface area (Å²) in [6, 6.07) is 7.42. The molecule has 0 aliphatic carbocycles. The number of carbonyl (C=O) groups excluding carboxylic acids is 2. The topological polar surface area (TPSA) is 55.8 Å². The highest BCUT2D eigenvalue weighted by Crippen LogP contribution is 2.16. The van der Waals surface area contributed by atoms with Gasteiger partial charge in [0.15, 0.2) is 13.2 Å². The Bertz CT molecular complexity index is 521. The van der Waals surface area contributed by atoms with E-state index in [4.69, 9.17) is 9.47 Å². The summed E-state index contributed by atoms with van der Waals surface area (Å²) < 4.78 is 10.3. The van der Waals surface area contributed by atoms with Gasteiger partial charge in [-0.2, -0.15) is 0 Å². The Balaban J connectivity index is 1.68. The molecule has 1 aromatic rings. The van der Waals surface area contributed by atoms with Gasteiger partial charge in [0.25, 0.3) is 5.91 Å². The number of carbonyl (C=O) groups is 2. The van der Waals surface area contributed by atoms with Crippen molar-refractivity contribution >= 4 is 11.9 Å². The van der Waals surface area contributed by atoms with Crippen molar-refractivity contribution in [3.63, 3.8) is 0 Å². The minimum atomic E-state index is -0.528. The Labute approximate surface area is 131 Å². The summed E-state index contributed by atoms with van der Waals surface area (Å²) in [6.07, 6.45) is 2.02. The lowest BCUT2D eigenvalue weighted by atomic mass is 9.99. The highest BCUT2D eigenvalue weighted by molar-refractivity contribution is 5.81. The van der Waals surface area contributed by atoms with Gasteiger partial charge in [0, 0.05) is 13.1 Å². The zero-order chi connectivity index (χ0) is 15.9. The lowest BCUT2D eigenvalue weighted by Crippen LogP contribution is -2.40. The molecule has 0 aromatic heterocycles. The largest absolute Gasteiger partial charge is 0.482 e. The van der Waals surface area contributed by atoms with Gasteiger partial charge >= 0.3 is 5.97 Å². The standard InChI is InChI=1S/C17H23NO4/c1-13-6-8-18(9-7-13)16(19)11-22-17(20)12-21-15-5-3-4-14(2)10-15/h3-5,10,13H,6-9,11-12H2,1-2H3. The van der Waals surface area contributed by atoms with Crippen LogP contribution in [0.1, 0.15) is 25.3 Å². The summed E-state index contributed by atoms with van der Waals surface area (Å²) >= 11 is 0. The summed E-state index contributed by atoms with van der Waals surface area (Å²) in [6.45, 7) is 5.24. The number of ether oxygens (including phenoxy) is 2. The number of esters is 1. The van der Waals surface area contributed by atoms with Gasteiger partial charge in [-0.1, -0.05) is 19.1 Å². The molecule has 0 atom stereocenters. The van der Waals surface area contributed by atoms with Gasteiger partial charge in [0.2, 0.25) is 0 Å². The van der Waals surface area contributed by atoms with Crippen molar-refractivity contribution in [3.05, 3.63) is 29.8 Å². The molecule has 5 heteroatoms. The third-order valence-electron chi connectivity index (χ3n) is 3.84. The Kier molecular flexibility index (Phi) is 5.81. The quantitative estimate of drug-likeness (QED) is 0.782.